The number of hydrogen-bond acceptors (Lipinski definition) is 4. The van der Waals surface area contributed by atoms with Gasteiger partial charge in [-0.3, -0.25) is 9.59 Å². The Labute approximate surface area is 159 Å². The van der Waals surface area contributed by atoms with E-state index >= 15 is 0 Å². The van der Waals surface area contributed by atoms with Crippen molar-refractivity contribution in [2.75, 3.05) is 0 Å². The number of carbonyl (C=O) groups is 3. The molecule has 28 heavy (non-hydrogen) atoms. The second kappa shape index (κ2) is 6.74. The molecule has 0 aromatic heterocycles. The first-order valence-electron chi connectivity index (χ1n) is 8.52. The van der Waals surface area contributed by atoms with Crippen molar-refractivity contribution in [2.45, 2.75) is 6.92 Å². The van der Waals surface area contributed by atoms with Crippen LogP contribution in [-0.4, -0.2) is 22.8 Å². The first-order chi connectivity index (χ1) is 13.5. The van der Waals surface area contributed by atoms with E-state index in [0.29, 0.717) is 10.6 Å². The number of carbonyl (C=O) groups excluding carboxylic acids is 3. The van der Waals surface area contributed by atoms with Gasteiger partial charge in [0.15, 0.2) is 0 Å². The monoisotopic (exact) mass is 375 g/mol. The summed E-state index contributed by atoms with van der Waals surface area (Å²) in [6.45, 7) is 1.95. The summed E-state index contributed by atoms with van der Waals surface area (Å²) in [6.07, 6.45) is 0. The zero-order valence-electron chi connectivity index (χ0n) is 14.8. The summed E-state index contributed by atoms with van der Waals surface area (Å²) in [5.74, 6) is -3.45. The molecule has 0 saturated heterocycles. The maximum absolute atomic E-state index is 14.5. The molecule has 1 heterocycles. The predicted octanol–water partition coefficient (Wildman–Crippen LogP) is 4.17. The van der Waals surface area contributed by atoms with Gasteiger partial charge in [0.25, 0.3) is 11.8 Å². The lowest BCUT2D eigenvalue weighted by Gasteiger charge is -2.13. The van der Waals surface area contributed by atoms with Crippen molar-refractivity contribution in [1.29, 1.82) is 0 Å². The maximum atomic E-state index is 14.5. The molecule has 0 saturated carbocycles. The summed E-state index contributed by atoms with van der Waals surface area (Å²) in [5, 5.41) is 0.361. The van der Waals surface area contributed by atoms with Crippen molar-refractivity contribution < 1.29 is 23.6 Å². The molecule has 5 nitrogen and oxygen atoms in total. The number of imide groups is 1. The highest BCUT2D eigenvalue weighted by atomic mass is 19.1. The van der Waals surface area contributed by atoms with Crippen LogP contribution in [0.2, 0.25) is 0 Å². The summed E-state index contributed by atoms with van der Waals surface area (Å²) < 4.78 is 14.5. The van der Waals surface area contributed by atoms with Gasteiger partial charge < -0.3 is 4.84 Å². The molecule has 0 atom stereocenters. The van der Waals surface area contributed by atoms with Crippen LogP contribution in [0.15, 0.2) is 66.7 Å². The smallest absolute Gasteiger partial charge is 0.324 e. The predicted molar refractivity (Wildman–Crippen MR) is 98.9 cm³/mol. The van der Waals surface area contributed by atoms with Gasteiger partial charge in [0.1, 0.15) is 5.82 Å². The summed E-state index contributed by atoms with van der Waals surface area (Å²) in [7, 11) is 0. The zero-order chi connectivity index (χ0) is 19.8. The molecule has 3 aromatic rings. The molecule has 0 N–H and O–H groups in total. The Kier molecular flexibility index (Phi) is 4.24. The Bertz CT molecular complexity index is 1090. The van der Waals surface area contributed by atoms with E-state index in [2.05, 4.69) is 0 Å². The van der Waals surface area contributed by atoms with Crippen LogP contribution < -0.4 is 0 Å². The van der Waals surface area contributed by atoms with Crippen molar-refractivity contribution in [3.63, 3.8) is 0 Å². The molecule has 0 unspecified atom stereocenters. The molecule has 0 spiro atoms. The van der Waals surface area contributed by atoms with Crippen LogP contribution in [0.1, 0.15) is 36.6 Å². The Morgan fingerprint density at radius 1 is 0.857 bits per heavy atom. The normalized spacial score (nSPS) is 12.9. The van der Waals surface area contributed by atoms with Crippen LogP contribution in [-0.2, 0) is 4.84 Å². The van der Waals surface area contributed by atoms with Crippen LogP contribution >= 0.6 is 0 Å². The summed E-state index contributed by atoms with van der Waals surface area (Å²) >= 11 is 0. The van der Waals surface area contributed by atoms with Crippen LogP contribution in [0.5, 0.6) is 0 Å². The lowest BCUT2D eigenvalue weighted by Crippen LogP contribution is -2.33. The second-order valence-corrected chi connectivity index (χ2v) is 6.39. The fraction of sp³-hybridized carbons (Fsp3) is 0.0455. The van der Waals surface area contributed by atoms with Crippen LogP contribution in [0.25, 0.3) is 11.1 Å². The molecule has 0 bridgehead atoms. The van der Waals surface area contributed by atoms with E-state index in [-0.39, 0.29) is 16.7 Å². The molecular weight excluding hydrogens is 361 g/mol. The van der Waals surface area contributed by atoms with E-state index < -0.39 is 23.6 Å². The van der Waals surface area contributed by atoms with Gasteiger partial charge in [0, 0.05) is 0 Å². The zero-order valence-corrected chi connectivity index (χ0v) is 14.8. The third-order valence-corrected chi connectivity index (χ3v) is 4.50. The topological polar surface area (TPSA) is 63.7 Å². The molecule has 0 aliphatic carbocycles. The van der Waals surface area contributed by atoms with Crippen molar-refractivity contribution in [3.05, 3.63) is 94.8 Å². The number of benzene rings is 3. The first-order valence-corrected chi connectivity index (χ1v) is 8.52. The van der Waals surface area contributed by atoms with E-state index in [9.17, 15) is 18.8 Å². The largest absolute Gasteiger partial charge is 0.366 e. The summed E-state index contributed by atoms with van der Waals surface area (Å²) in [5.41, 5.74) is 2.36. The molecule has 2 amide bonds. The number of nitrogens with zero attached hydrogens (tertiary/aromatic N) is 1. The van der Waals surface area contributed by atoms with Crippen LogP contribution in [0, 0.1) is 12.7 Å². The molecule has 6 heteroatoms. The average Bonchev–Trinajstić information content (AvgIpc) is 2.93. The molecule has 4 rings (SSSR count). The average molecular weight is 375 g/mol. The third kappa shape index (κ3) is 2.95. The Balaban J connectivity index is 1.57. The Morgan fingerprint density at radius 3 is 2.00 bits per heavy atom. The van der Waals surface area contributed by atoms with Gasteiger partial charge in [-0.15, -0.1) is 0 Å². The highest BCUT2D eigenvalue weighted by Crippen LogP contribution is 2.25. The molecule has 0 radical (unpaired) electrons. The molecule has 1 aliphatic rings. The van der Waals surface area contributed by atoms with E-state index in [1.807, 2.05) is 31.2 Å². The Morgan fingerprint density at radius 2 is 1.43 bits per heavy atom. The molecule has 0 fully saturated rings. The van der Waals surface area contributed by atoms with Gasteiger partial charge >= 0.3 is 5.97 Å². The highest BCUT2D eigenvalue weighted by Gasteiger charge is 2.39. The van der Waals surface area contributed by atoms with E-state index in [0.717, 1.165) is 11.1 Å². The van der Waals surface area contributed by atoms with Gasteiger partial charge in [0.2, 0.25) is 0 Å². The van der Waals surface area contributed by atoms with Crippen molar-refractivity contribution in [2.24, 2.45) is 0 Å². The minimum absolute atomic E-state index is 0.135. The number of amides is 2. The fourth-order valence-corrected chi connectivity index (χ4v) is 2.99. The first kappa shape index (κ1) is 17.6. The van der Waals surface area contributed by atoms with Crippen LogP contribution in [0.4, 0.5) is 4.39 Å². The fourth-order valence-electron chi connectivity index (χ4n) is 2.99. The van der Waals surface area contributed by atoms with E-state index in [4.69, 9.17) is 4.84 Å². The molecule has 1 aliphatic heterocycles. The van der Waals surface area contributed by atoms with Crippen molar-refractivity contribution in [3.8, 4) is 11.1 Å². The van der Waals surface area contributed by atoms with Gasteiger partial charge in [-0.05, 0) is 42.3 Å². The third-order valence-electron chi connectivity index (χ3n) is 4.50. The van der Waals surface area contributed by atoms with Crippen LogP contribution in [0.3, 0.4) is 0 Å². The minimum atomic E-state index is -1.12. The lowest BCUT2D eigenvalue weighted by molar-refractivity contribution is -0.0587. The maximum Gasteiger partial charge on any atom is 0.366 e. The highest BCUT2D eigenvalue weighted by molar-refractivity contribution is 6.21. The quantitative estimate of drug-likeness (QED) is 0.645. The number of hydroxylamine groups is 2. The molecular formula is C22H14FNO4. The van der Waals surface area contributed by atoms with E-state index in [1.54, 1.807) is 18.2 Å². The molecule has 138 valence electrons. The number of fused-ring (bicyclic) bond motifs is 1. The Hall–Kier alpha value is -3.80. The lowest BCUT2D eigenvalue weighted by atomic mass is 10.0. The number of rotatable bonds is 3. The standard InChI is InChI=1S/C22H14FNO4/c1-13-6-8-14(9-7-13)15-10-11-18(19(23)12-15)22(27)28-24-20(25)16-4-2-3-5-17(16)21(24)26/h2-12H,1H3. The molecule has 3 aromatic carbocycles. The van der Waals surface area contributed by atoms with Gasteiger partial charge in [-0.25, -0.2) is 9.18 Å². The van der Waals surface area contributed by atoms with Gasteiger partial charge in [0.05, 0.1) is 16.7 Å². The summed E-state index contributed by atoms with van der Waals surface area (Å²) in [6, 6.07) is 17.7. The van der Waals surface area contributed by atoms with Crippen molar-refractivity contribution in [1.82, 2.24) is 5.06 Å². The van der Waals surface area contributed by atoms with Gasteiger partial charge in [-0.2, -0.15) is 0 Å². The van der Waals surface area contributed by atoms with E-state index in [1.165, 1.54) is 24.3 Å². The SMILES string of the molecule is Cc1ccc(-c2ccc(C(=O)ON3C(=O)c4ccccc4C3=O)c(F)c2)cc1. The number of aryl methyl sites for hydroxylation is 1. The number of hydrogen-bond donors (Lipinski definition) is 0. The minimum Gasteiger partial charge on any atom is -0.324 e. The van der Waals surface area contributed by atoms with Crippen molar-refractivity contribution >= 4 is 17.8 Å². The summed E-state index contributed by atoms with van der Waals surface area (Å²) in [4.78, 5) is 41.8. The van der Waals surface area contributed by atoms with Gasteiger partial charge in [-0.1, -0.05) is 53.1 Å². The number of halogens is 1. The second-order valence-electron chi connectivity index (χ2n) is 6.39.